The van der Waals surface area contributed by atoms with Gasteiger partial charge in [-0.05, 0) is 43.6 Å². The second kappa shape index (κ2) is 6.74. The highest BCUT2D eigenvalue weighted by Gasteiger charge is 2.13. The molecule has 2 nitrogen and oxygen atoms in total. The third-order valence-corrected chi connectivity index (χ3v) is 2.78. The van der Waals surface area contributed by atoms with Crippen LogP contribution in [0, 0.1) is 0 Å². The largest absolute Gasteiger partial charge is 0.399 e. The van der Waals surface area contributed by atoms with E-state index in [1.165, 1.54) is 6.08 Å². The summed E-state index contributed by atoms with van der Waals surface area (Å²) in [6.07, 6.45) is 10.4. The maximum atomic E-state index is 13.5. The van der Waals surface area contributed by atoms with Crippen LogP contribution >= 0.6 is 0 Å². The van der Waals surface area contributed by atoms with Gasteiger partial charge in [0.1, 0.15) is 0 Å². The average molecular weight is 247 g/mol. The Balaban J connectivity index is 3.21. The zero-order valence-corrected chi connectivity index (χ0v) is 10.7. The minimum absolute atomic E-state index is 0.0303. The Kier molecular flexibility index (Phi) is 5.31. The van der Waals surface area contributed by atoms with E-state index in [-0.39, 0.29) is 11.3 Å². The van der Waals surface area contributed by atoms with Crippen LogP contribution in [0.5, 0.6) is 0 Å². The molecule has 0 bridgehead atoms. The van der Waals surface area contributed by atoms with Crippen LogP contribution in [0.1, 0.15) is 20.3 Å². The van der Waals surface area contributed by atoms with Crippen molar-refractivity contribution in [1.29, 1.82) is 0 Å². The summed E-state index contributed by atoms with van der Waals surface area (Å²) < 4.78 is 13.5. The van der Waals surface area contributed by atoms with E-state index in [1.807, 2.05) is 32.1 Å². The zero-order valence-electron chi connectivity index (χ0n) is 10.7. The van der Waals surface area contributed by atoms with Crippen molar-refractivity contribution in [2.45, 2.75) is 26.4 Å². The van der Waals surface area contributed by atoms with E-state index in [2.05, 4.69) is 0 Å². The van der Waals surface area contributed by atoms with Crippen LogP contribution in [0.15, 0.2) is 58.9 Å². The minimum Gasteiger partial charge on any atom is -0.399 e. The molecule has 2 N–H and O–H groups in total. The van der Waals surface area contributed by atoms with Crippen LogP contribution in [0.25, 0.3) is 0 Å². The van der Waals surface area contributed by atoms with Gasteiger partial charge in [-0.25, -0.2) is 4.39 Å². The Bertz CT molecular complexity index is 467. The third-order valence-electron chi connectivity index (χ3n) is 2.78. The fourth-order valence-corrected chi connectivity index (χ4v) is 1.63. The zero-order chi connectivity index (χ0) is 13.5. The molecular formula is C15H18FNO. The lowest BCUT2D eigenvalue weighted by molar-refractivity contribution is -0.104. The van der Waals surface area contributed by atoms with Crippen molar-refractivity contribution in [2.75, 3.05) is 0 Å². The molecule has 96 valence electrons. The van der Waals surface area contributed by atoms with Gasteiger partial charge >= 0.3 is 0 Å². The number of carbonyl (C=O) groups excluding carboxylic acids is 1. The molecule has 0 heterocycles. The first kappa shape index (κ1) is 14.2. The first-order chi connectivity index (χ1) is 8.60. The number of nitrogens with two attached hydrogens (primary N) is 1. The lowest BCUT2D eigenvalue weighted by atomic mass is 9.97. The van der Waals surface area contributed by atoms with Gasteiger partial charge in [0.25, 0.3) is 0 Å². The number of aldehydes is 1. The van der Waals surface area contributed by atoms with Gasteiger partial charge in [-0.3, -0.25) is 4.79 Å². The minimum atomic E-state index is -1.39. The normalized spacial score (nSPS) is 30.5. The second-order valence-corrected chi connectivity index (χ2v) is 4.11. The van der Waals surface area contributed by atoms with Crippen LogP contribution in [0.3, 0.4) is 0 Å². The van der Waals surface area contributed by atoms with Gasteiger partial charge in [0.15, 0.2) is 12.5 Å². The molecule has 1 atom stereocenters. The van der Waals surface area contributed by atoms with Gasteiger partial charge in [-0.15, -0.1) is 0 Å². The van der Waals surface area contributed by atoms with Gasteiger partial charge in [0.2, 0.25) is 0 Å². The molecule has 1 unspecified atom stereocenters. The predicted octanol–water partition coefficient (Wildman–Crippen LogP) is 3.14. The summed E-state index contributed by atoms with van der Waals surface area (Å²) >= 11 is 0. The summed E-state index contributed by atoms with van der Waals surface area (Å²) in [7, 11) is 0. The lowest BCUT2D eigenvalue weighted by Crippen LogP contribution is -2.15. The monoisotopic (exact) mass is 247 g/mol. The Hall–Kier alpha value is -1.90. The molecule has 0 aromatic rings. The van der Waals surface area contributed by atoms with E-state index in [4.69, 9.17) is 5.73 Å². The number of halogens is 1. The molecule has 0 amide bonds. The number of rotatable bonds is 3. The van der Waals surface area contributed by atoms with E-state index in [0.717, 1.165) is 11.1 Å². The molecule has 1 aliphatic rings. The summed E-state index contributed by atoms with van der Waals surface area (Å²) in [6.45, 7) is 3.88. The Labute approximate surface area is 107 Å². The van der Waals surface area contributed by atoms with Crippen LogP contribution in [-0.2, 0) is 4.79 Å². The molecule has 0 saturated heterocycles. The van der Waals surface area contributed by atoms with Crippen molar-refractivity contribution in [2.24, 2.45) is 5.73 Å². The van der Waals surface area contributed by atoms with Crippen molar-refractivity contribution in [3.63, 3.8) is 0 Å². The number of hydrogen-bond donors (Lipinski definition) is 1. The summed E-state index contributed by atoms with van der Waals surface area (Å²) in [4.78, 5) is 11.0. The van der Waals surface area contributed by atoms with E-state index < -0.39 is 6.17 Å². The maximum absolute atomic E-state index is 13.5. The van der Waals surface area contributed by atoms with Gasteiger partial charge in [0.05, 0.1) is 5.70 Å². The quantitative estimate of drug-likeness (QED) is 0.473. The van der Waals surface area contributed by atoms with Crippen LogP contribution in [-0.4, -0.2) is 12.5 Å². The van der Waals surface area contributed by atoms with Crippen LogP contribution in [0.2, 0.25) is 0 Å². The fourth-order valence-electron chi connectivity index (χ4n) is 1.63. The number of alkyl halides is 1. The van der Waals surface area contributed by atoms with Gasteiger partial charge in [-0.2, -0.15) is 0 Å². The highest BCUT2D eigenvalue weighted by atomic mass is 19.1. The van der Waals surface area contributed by atoms with Crippen molar-refractivity contribution >= 4 is 6.29 Å². The van der Waals surface area contributed by atoms with Crippen LogP contribution in [0.4, 0.5) is 4.39 Å². The predicted molar refractivity (Wildman–Crippen MR) is 72.6 cm³/mol. The highest BCUT2D eigenvalue weighted by molar-refractivity contribution is 5.80. The van der Waals surface area contributed by atoms with Crippen LogP contribution < -0.4 is 5.73 Å². The Morgan fingerprint density at radius 1 is 1.56 bits per heavy atom. The smallest absolute Gasteiger partial charge is 0.158 e. The SMILES string of the molecule is C\C=C/C=C(C)/C1=C/C(C=O)=C(/N)C(F)/C=C/C1. The van der Waals surface area contributed by atoms with E-state index in [9.17, 15) is 9.18 Å². The molecule has 0 spiro atoms. The first-order valence-corrected chi connectivity index (χ1v) is 5.86. The maximum Gasteiger partial charge on any atom is 0.158 e. The van der Waals surface area contributed by atoms with Crippen molar-refractivity contribution < 1.29 is 9.18 Å². The summed E-state index contributed by atoms with van der Waals surface area (Å²) in [5.41, 5.74) is 7.79. The standard InChI is InChI=1S/C15H18FNO/c1-3-4-6-11(2)12-7-5-8-14(16)15(17)13(9-12)10-18/h3-6,8-10,14H,7,17H2,1-2H3/b4-3-,8-5+,11-6+,12-9+,15-13-. The average Bonchev–Trinajstić information content (AvgIpc) is 2.37. The number of hydrogen-bond acceptors (Lipinski definition) is 2. The molecule has 18 heavy (non-hydrogen) atoms. The number of allylic oxidation sites excluding steroid dienone is 9. The summed E-state index contributed by atoms with van der Waals surface area (Å²) in [5, 5.41) is 0. The van der Waals surface area contributed by atoms with Crippen molar-refractivity contribution in [3.05, 3.63) is 58.9 Å². The second-order valence-electron chi connectivity index (χ2n) is 4.11. The molecule has 0 fully saturated rings. The fraction of sp³-hybridized carbons (Fsp3) is 0.267. The topological polar surface area (TPSA) is 43.1 Å². The molecule has 3 heteroatoms. The van der Waals surface area contributed by atoms with Gasteiger partial charge in [-0.1, -0.05) is 24.3 Å². The summed E-state index contributed by atoms with van der Waals surface area (Å²) in [6, 6.07) is 0. The first-order valence-electron chi connectivity index (χ1n) is 5.86. The molecule has 1 aliphatic carbocycles. The molecule has 0 aromatic carbocycles. The van der Waals surface area contributed by atoms with E-state index in [1.54, 1.807) is 12.2 Å². The molecule has 0 radical (unpaired) electrons. The molecule has 0 saturated carbocycles. The number of carbonyl (C=O) groups is 1. The van der Waals surface area contributed by atoms with Crippen molar-refractivity contribution in [1.82, 2.24) is 0 Å². The molecular weight excluding hydrogens is 229 g/mol. The van der Waals surface area contributed by atoms with Gasteiger partial charge in [0, 0.05) is 5.57 Å². The lowest BCUT2D eigenvalue weighted by Gasteiger charge is -2.12. The van der Waals surface area contributed by atoms with Crippen molar-refractivity contribution in [3.8, 4) is 0 Å². The van der Waals surface area contributed by atoms with E-state index in [0.29, 0.717) is 12.7 Å². The Morgan fingerprint density at radius 3 is 2.89 bits per heavy atom. The van der Waals surface area contributed by atoms with E-state index >= 15 is 0 Å². The summed E-state index contributed by atoms with van der Waals surface area (Å²) in [5.74, 6) is 0. The highest BCUT2D eigenvalue weighted by Crippen LogP contribution is 2.21. The molecule has 1 rings (SSSR count). The molecule has 0 aliphatic heterocycles. The Morgan fingerprint density at radius 2 is 2.28 bits per heavy atom. The third kappa shape index (κ3) is 3.55. The van der Waals surface area contributed by atoms with Gasteiger partial charge < -0.3 is 5.73 Å². The molecule has 0 aromatic heterocycles.